The largest absolute Gasteiger partial charge is 0.335 e. The smallest absolute Gasteiger partial charge is 0.139 e. The Hall–Kier alpha value is -1.35. The van der Waals surface area contributed by atoms with Gasteiger partial charge in [0.2, 0.25) is 0 Å². The Morgan fingerprint density at radius 3 is 3.13 bits per heavy atom. The zero-order valence-electron chi connectivity index (χ0n) is 8.90. The van der Waals surface area contributed by atoms with Crippen molar-refractivity contribution < 1.29 is 0 Å². The standard InChI is InChI=1S/C12H15N3/c1-15-8-10(5-9-6-13-7-9)11-3-2-4-14-12(11)15/h2-4,8-9,13H,5-7H2,1H3. The Balaban J connectivity index is 2.02. The highest BCUT2D eigenvalue weighted by atomic mass is 15.0. The van der Waals surface area contributed by atoms with Gasteiger partial charge in [-0.25, -0.2) is 4.98 Å². The van der Waals surface area contributed by atoms with E-state index in [9.17, 15) is 0 Å². The molecule has 1 N–H and O–H groups in total. The SMILES string of the molecule is Cn1cc(CC2CNC2)c2cccnc21. The molecule has 0 radical (unpaired) electrons. The van der Waals surface area contributed by atoms with Crippen LogP contribution in [-0.2, 0) is 13.5 Å². The van der Waals surface area contributed by atoms with Crippen molar-refractivity contribution >= 4 is 11.0 Å². The lowest BCUT2D eigenvalue weighted by molar-refractivity contribution is 0.347. The van der Waals surface area contributed by atoms with E-state index in [1.54, 1.807) is 0 Å². The first-order chi connectivity index (χ1) is 7.34. The van der Waals surface area contributed by atoms with Crippen LogP contribution in [0.25, 0.3) is 11.0 Å². The highest BCUT2D eigenvalue weighted by Crippen LogP contribution is 2.22. The fourth-order valence-corrected chi connectivity index (χ4v) is 2.26. The van der Waals surface area contributed by atoms with Crippen molar-refractivity contribution in [1.82, 2.24) is 14.9 Å². The molecule has 1 saturated heterocycles. The van der Waals surface area contributed by atoms with Crippen molar-refractivity contribution in [1.29, 1.82) is 0 Å². The fourth-order valence-electron chi connectivity index (χ4n) is 2.26. The van der Waals surface area contributed by atoms with E-state index in [0.29, 0.717) is 0 Å². The summed E-state index contributed by atoms with van der Waals surface area (Å²) in [5, 5.41) is 4.63. The number of hydrogen-bond acceptors (Lipinski definition) is 2. The van der Waals surface area contributed by atoms with Crippen molar-refractivity contribution in [2.75, 3.05) is 13.1 Å². The minimum atomic E-state index is 0.816. The second kappa shape index (κ2) is 3.35. The van der Waals surface area contributed by atoms with Gasteiger partial charge in [-0.15, -0.1) is 0 Å². The summed E-state index contributed by atoms with van der Waals surface area (Å²) >= 11 is 0. The molecule has 3 heterocycles. The Labute approximate surface area is 89.1 Å². The van der Waals surface area contributed by atoms with Gasteiger partial charge in [-0.2, -0.15) is 0 Å². The topological polar surface area (TPSA) is 29.9 Å². The van der Waals surface area contributed by atoms with Crippen molar-refractivity contribution in [2.24, 2.45) is 13.0 Å². The van der Waals surface area contributed by atoms with Crippen molar-refractivity contribution in [3.05, 3.63) is 30.1 Å². The van der Waals surface area contributed by atoms with Gasteiger partial charge in [0, 0.05) is 24.8 Å². The molecule has 1 aliphatic rings. The average Bonchev–Trinajstić information content (AvgIpc) is 2.51. The molecule has 15 heavy (non-hydrogen) atoms. The van der Waals surface area contributed by atoms with Crippen LogP contribution < -0.4 is 5.32 Å². The van der Waals surface area contributed by atoms with Crippen LogP contribution in [0.15, 0.2) is 24.5 Å². The summed E-state index contributed by atoms with van der Waals surface area (Å²) in [7, 11) is 2.07. The molecule has 2 aromatic rings. The highest BCUT2D eigenvalue weighted by molar-refractivity contribution is 5.80. The number of rotatable bonds is 2. The first-order valence-electron chi connectivity index (χ1n) is 5.44. The molecule has 1 aliphatic heterocycles. The van der Waals surface area contributed by atoms with E-state index in [-0.39, 0.29) is 0 Å². The van der Waals surface area contributed by atoms with Crippen LogP contribution in [0, 0.1) is 5.92 Å². The number of nitrogens with zero attached hydrogens (tertiary/aromatic N) is 2. The van der Waals surface area contributed by atoms with Gasteiger partial charge < -0.3 is 9.88 Å². The van der Waals surface area contributed by atoms with Gasteiger partial charge in [0.25, 0.3) is 0 Å². The third kappa shape index (κ3) is 1.43. The van der Waals surface area contributed by atoms with E-state index in [0.717, 1.165) is 24.7 Å². The van der Waals surface area contributed by atoms with E-state index in [1.807, 2.05) is 12.3 Å². The van der Waals surface area contributed by atoms with E-state index >= 15 is 0 Å². The van der Waals surface area contributed by atoms with Crippen LogP contribution in [0.1, 0.15) is 5.56 Å². The molecule has 2 aromatic heterocycles. The van der Waals surface area contributed by atoms with Crippen molar-refractivity contribution in [3.63, 3.8) is 0 Å². The predicted molar refractivity (Wildman–Crippen MR) is 60.8 cm³/mol. The normalized spacial score (nSPS) is 16.9. The molecule has 0 aromatic carbocycles. The first-order valence-corrected chi connectivity index (χ1v) is 5.44. The molecule has 0 atom stereocenters. The summed E-state index contributed by atoms with van der Waals surface area (Å²) in [6.07, 6.45) is 5.25. The highest BCUT2D eigenvalue weighted by Gasteiger charge is 2.19. The Kier molecular flexibility index (Phi) is 1.99. The van der Waals surface area contributed by atoms with Gasteiger partial charge in [0.1, 0.15) is 5.65 Å². The molecule has 0 saturated carbocycles. The minimum absolute atomic E-state index is 0.816. The summed E-state index contributed by atoms with van der Waals surface area (Å²) in [6, 6.07) is 4.19. The number of aromatic nitrogens is 2. The van der Waals surface area contributed by atoms with Gasteiger partial charge >= 0.3 is 0 Å². The lowest BCUT2D eigenvalue weighted by Crippen LogP contribution is -2.43. The third-order valence-corrected chi connectivity index (χ3v) is 3.19. The number of aryl methyl sites for hydroxylation is 1. The van der Waals surface area contributed by atoms with Crippen LogP contribution in [0.2, 0.25) is 0 Å². The third-order valence-electron chi connectivity index (χ3n) is 3.19. The second-order valence-electron chi connectivity index (χ2n) is 4.37. The van der Waals surface area contributed by atoms with Crippen molar-refractivity contribution in [2.45, 2.75) is 6.42 Å². The maximum absolute atomic E-state index is 4.40. The number of fused-ring (bicyclic) bond motifs is 1. The second-order valence-corrected chi connectivity index (χ2v) is 4.37. The minimum Gasteiger partial charge on any atom is -0.335 e. The molecule has 0 spiro atoms. The van der Waals surface area contributed by atoms with Crippen LogP contribution in [-0.4, -0.2) is 22.6 Å². The zero-order valence-corrected chi connectivity index (χ0v) is 8.90. The predicted octanol–water partition coefficient (Wildman–Crippen LogP) is 1.34. The van der Waals surface area contributed by atoms with Crippen LogP contribution in [0.4, 0.5) is 0 Å². The molecule has 0 aliphatic carbocycles. The average molecular weight is 201 g/mol. The number of nitrogens with one attached hydrogen (secondary N) is 1. The van der Waals surface area contributed by atoms with E-state index in [1.165, 1.54) is 17.4 Å². The fraction of sp³-hybridized carbons (Fsp3) is 0.417. The van der Waals surface area contributed by atoms with Gasteiger partial charge in [-0.1, -0.05) is 0 Å². The molecule has 3 rings (SSSR count). The molecule has 78 valence electrons. The number of pyridine rings is 1. The molecule has 3 heteroatoms. The Morgan fingerprint density at radius 1 is 1.53 bits per heavy atom. The summed E-state index contributed by atoms with van der Waals surface area (Å²) < 4.78 is 2.12. The lowest BCUT2D eigenvalue weighted by Gasteiger charge is -2.26. The molecular weight excluding hydrogens is 186 g/mol. The molecule has 3 nitrogen and oxygen atoms in total. The first kappa shape index (κ1) is 8.92. The monoisotopic (exact) mass is 201 g/mol. The molecule has 0 unspecified atom stereocenters. The Morgan fingerprint density at radius 2 is 2.40 bits per heavy atom. The maximum Gasteiger partial charge on any atom is 0.139 e. The van der Waals surface area contributed by atoms with Gasteiger partial charge in [0.15, 0.2) is 0 Å². The van der Waals surface area contributed by atoms with E-state index < -0.39 is 0 Å². The number of hydrogen-bond donors (Lipinski definition) is 1. The quantitative estimate of drug-likeness (QED) is 0.794. The van der Waals surface area contributed by atoms with Gasteiger partial charge in [-0.05, 0) is 43.1 Å². The molecular formula is C12H15N3. The summed E-state index contributed by atoms with van der Waals surface area (Å²) in [5.41, 5.74) is 2.53. The summed E-state index contributed by atoms with van der Waals surface area (Å²) in [4.78, 5) is 4.40. The molecule has 1 fully saturated rings. The van der Waals surface area contributed by atoms with Crippen molar-refractivity contribution in [3.8, 4) is 0 Å². The van der Waals surface area contributed by atoms with E-state index in [4.69, 9.17) is 0 Å². The Bertz CT molecular complexity index is 483. The zero-order chi connectivity index (χ0) is 10.3. The van der Waals surface area contributed by atoms with E-state index in [2.05, 4.69) is 34.2 Å². The van der Waals surface area contributed by atoms with Crippen LogP contribution in [0.3, 0.4) is 0 Å². The maximum atomic E-state index is 4.40. The van der Waals surface area contributed by atoms with Gasteiger partial charge in [0.05, 0.1) is 0 Å². The molecule has 0 amide bonds. The lowest BCUT2D eigenvalue weighted by atomic mass is 9.95. The molecule has 0 bridgehead atoms. The van der Waals surface area contributed by atoms with Crippen LogP contribution in [0.5, 0.6) is 0 Å². The summed E-state index contributed by atoms with van der Waals surface area (Å²) in [6.45, 7) is 2.33. The summed E-state index contributed by atoms with van der Waals surface area (Å²) in [5.74, 6) is 0.816. The van der Waals surface area contributed by atoms with Crippen LogP contribution >= 0.6 is 0 Å². The van der Waals surface area contributed by atoms with Gasteiger partial charge in [-0.3, -0.25) is 0 Å².